The fraction of sp³-hybridized carbons (Fsp3) is 0.500. The number of benzene rings is 2. The van der Waals surface area contributed by atoms with E-state index in [1.807, 2.05) is 33.8 Å². The summed E-state index contributed by atoms with van der Waals surface area (Å²) in [6, 6.07) is 3.62. The van der Waals surface area contributed by atoms with Gasteiger partial charge >= 0.3 is 0 Å². The molecule has 1 aliphatic heterocycles. The fourth-order valence-corrected chi connectivity index (χ4v) is 9.67. The van der Waals surface area contributed by atoms with Gasteiger partial charge in [0.1, 0.15) is 11.4 Å². The number of nitrogens with zero attached hydrogens (tertiary/aromatic N) is 1. The molecule has 0 spiro atoms. The second-order valence-electron chi connectivity index (χ2n) is 13.4. The minimum atomic E-state index is -0.867. The number of hydrogen-bond acceptors (Lipinski definition) is 7. The molecule has 1 aliphatic rings. The molecule has 12 heteroatoms. The van der Waals surface area contributed by atoms with Crippen LogP contribution in [0.3, 0.4) is 0 Å². The van der Waals surface area contributed by atoms with Crippen LogP contribution < -0.4 is 0 Å². The largest absolute Gasteiger partial charge is 0.505 e. The van der Waals surface area contributed by atoms with Crippen molar-refractivity contribution in [2.24, 2.45) is 4.99 Å². The van der Waals surface area contributed by atoms with Crippen LogP contribution in [0.15, 0.2) is 35.0 Å². The maximum absolute atomic E-state index is 13.9. The highest BCUT2D eigenvalue weighted by Crippen LogP contribution is 2.48. The molecular weight excluding hydrogens is 828 g/mol. The molecule has 1 aromatic heterocycles. The molecular formula is C32H38Br4N2O6. The summed E-state index contributed by atoms with van der Waals surface area (Å²) in [5.74, 6) is -0.459. The molecule has 44 heavy (non-hydrogen) atoms. The summed E-state index contributed by atoms with van der Waals surface area (Å²) in [6.07, 6.45) is 0.896. The minimum Gasteiger partial charge on any atom is -0.505 e. The lowest BCUT2D eigenvalue weighted by atomic mass is 9.93. The van der Waals surface area contributed by atoms with Gasteiger partial charge in [0, 0.05) is 29.0 Å². The van der Waals surface area contributed by atoms with Crippen LogP contribution in [0.4, 0.5) is 5.69 Å². The Balaban J connectivity index is 1.72. The molecule has 3 aromatic rings. The Labute approximate surface area is 291 Å². The SMILES string of the molecule is CC(C)(O)CCOC(C)(C)c1c(Br)cc2c(c1Br)C(=O)C(c1[nH]c3cc(Br)c(C(C)(C)OCCC(C)(C)O)c(Br)c3c1O)=N2. The van der Waals surface area contributed by atoms with Gasteiger partial charge in [-0.15, -0.1) is 0 Å². The molecule has 0 atom stereocenters. The molecule has 0 saturated carbocycles. The summed E-state index contributed by atoms with van der Waals surface area (Å²) in [5, 5.41) is 32.2. The van der Waals surface area contributed by atoms with E-state index in [1.165, 1.54) is 0 Å². The van der Waals surface area contributed by atoms with E-state index in [0.717, 1.165) is 15.6 Å². The van der Waals surface area contributed by atoms with Crippen LogP contribution in [0.1, 0.15) is 95.4 Å². The van der Waals surface area contributed by atoms with E-state index < -0.39 is 22.4 Å². The number of aliphatic imine (C=N–C) groups is 1. The van der Waals surface area contributed by atoms with Crippen LogP contribution in [0.25, 0.3) is 10.9 Å². The number of fused-ring (bicyclic) bond motifs is 2. The molecule has 0 unspecified atom stereocenters. The molecule has 2 aromatic carbocycles. The van der Waals surface area contributed by atoms with Gasteiger partial charge in [-0.25, -0.2) is 4.99 Å². The van der Waals surface area contributed by atoms with Crippen molar-refractivity contribution in [1.82, 2.24) is 4.98 Å². The maximum atomic E-state index is 13.9. The van der Waals surface area contributed by atoms with Gasteiger partial charge < -0.3 is 29.8 Å². The number of H-pyrrole nitrogens is 1. The first-order chi connectivity index (χ1) is 20.1. The van der Waals surface area contributed by atoms with E-state index in [9.17, 15) is 20.1 Å². The van der Waals surface area contributed by atoms with Crippen molar-refractivity contribution >= 4 is 91.8 Å². The number of aromatic hydroxyl groups is 1. The van der Waals surface area contributed by atoms with Gasteiger partial charge in [-0.1, -0.05) is 31.9 Å². The molecule has 4 rings (SSSR count). The van der Waals surface area contributed by atoms with Crippen molar-refractivity contribution in [2.45, 2.75) is 90.6 Å². The number of aromatic nitrogens is 1. The minimum absolute atomic E-state index is 0.0875. The number of Topliss-reactive ketones (excluding diaryl/α,β-unsaturated/α-hetero) is 1. The van der Waals surface area contributed by atoms with Gasteiger partial charge in [-0.3, -0.25) is 4.79 Å². The standard InChI is InChI=1S/C32H38Br4N2O6/c1-29(2,41)9-11-43-31(5,6)21-15(33)13-17-19(23(21)35)27(39)25(37-17)26-28(40)20-18(38-26)14-16(34)22(24(20)36)32(7,8)44-12-10-30(3,4)42/h13-14,37,39,41-42H,9-12H2,1-8H3. The monoisotopic (exact) mass is 862 g/mol. The smallest absolute Gasteiger partial charge is 0.216 e. The van der Waals surface area contributed by atoms with Gasteiger partial charge in [0.05, 0.1) is 57.8 Å². The summed E-state index contributed by atoms with van der Waals surface area (Å²) >= 11 is 14.7. The molecule has 0 amide bonds. The van der Waals surface area contributed by atoms with E-state index in [1.54, 1.807) is 33.8 Å². The molecule has 0 aliphatic carbocycles. The molecule has 8 nitrogen and oxygen atoms in total. The predicted molar refractivity (Wildman–Crippen MR) is 188 cm³/mol. The third kappa shape index (κ3) is 7.22. The van der Waals surface area contributed by atoms with Crippen molar-refractivity contribution in [2.75, 3.05) is 13.2 Å². The number of ether oxygens (including phenoxy) is 2. The lowest BCUT2D eigenvalue weighted by Gasteiger charge is -2.30. The Bertz CT molecular complexity index is 1660. The van der Waals surface area contributed by atoms with Gasteiger partial charge in [0.2, 0.25) is 5.78 Å². The van der Waals surface area contributed by atoms with Gasteiger partial charge in [0.25, 0.3) is 0 Å². The van der Waals surface area contributed by atoms with E-state index in [0.29, 0.717) is 61.6 Å². The van der Waals surface area contributed by atoms with Crippen LogP contribution in [0.5, 0.6) is 5.75 Å². The van der Waals surface area contributed by atoms with E-state index in [2.05, 4.69) is 73.7 Å². The van der Waals surface area contributed by atoms with Crippen LogP contribution in [0, 0.1) is 0 Å². The Morgan fingerprint density at radius 3 is 1.77 bits per heavy atom. The summed E-state index contributed by atoms with van der Waals surface area (Å²) < 4.78 is 15.0. The molecule has 240 valence electrons. The summed E-state index contributed by atoms with van der Waals surface area (Å²) in [4.78, 5) is 21.8. The first-order valence-electron chi connectivity index (χ1n) is 14.2. The van der Waals surface area contributed by atoms with Crippen LogP contribution in [0.2, 0.25) is 0 Å². The Morgan fingerprint density at radius 2 is 1.27 bits per heavy atom. The predicted octanol–water partition coefficient (Wildman–Crippen LogP) is 9.07. The van der Waals surface area contributed by atoms with E-state index in [-0.39, 0.29) is 22.9 Å². The average molecular weight is 866 g/mol. The van der Waals surface area contributed by atoms with Crippen molar-refractivity contribution in [3.05, 3.63) is 52.4 Å². The maximum Gasteiger partial charge on any atom is 0.216 e. The number of carbonyl (C=O) groups is 1. The summed E-state index contributed by atoms with van der Waals surface area (Å²) in [7, 11) is 0. The third-order valence-electron chi connectivity index (χ3n) is 7.62. The molecule has 0 saturated heterocycles. The summed E-state index contributed by atoms with van der Waals surface area (Å²) in [5.41, 5.74) is -0.0886. The Hall–Kier alpha value is -1.12. The number of rotatable bonds is 11. The average Bonchev–Trinajstić information content (AvgIpc) is 3.32. The summed E-state index contributed by atoms with van der Waals surface area (Å²) in [6.45, 7) is 15.2. The third-order valence-corrected chi connectivity index (χ3v) is 10.5. The first kappa shape index (κ1) is 35.7. The molecule has 2 heterocycles. The number of aromatic amines is 1. The molecule has 0 bridgehead atoms. The van der Waals surface area contributed by atoms with Crippen LogP contribution in [-0.4, -0.2) is 56.2 Å². The highest BCUT2D eigenvalue weighted by atomic mass is 79.9. The van der Waals surface area contributed by atoms with Gasteiger partial charge in [-0.05, 0) is 112 Å². The molecule has 0 radical (unpaired) electrons. The zero-order valence-electron chi connectivity index (χ0n) is 26.0. The lowest BCUT2D eigenvalue weighted by Crippen LogP contribution is -2.28. The van der Waals surface area contributed by atoms with Crippen LogP contribution in [-0.2, 0) is 20.7 Å². The Morgan fingerprint density at radius 1 is 0.795 bits per heavy atom. The zero-order valence-corrected chi connectivity index (χ0v) is 32.4. The van der Waals surface area contributed by atoms with E-state index in [4.69, 9.17) is 9.47 Å². The number of hydrogen-bond donors (Lipinski definition) is 4. The molecule has 4 N–H and O–H groups in total. The van der Waals surface area contributed by atoms with Crippen molar-refractivity contribution in [3.63, 3.8) is 0 Å². The number of nitrogens with one attached hydrogen (secondary N) is 1. The number of aliphatic hydroxyl groups is 2. The second kappa shape index (κ2) is 12.5. The Kier molecular flexibility index (Phi) is 10.1. The first-order valence-corrected chi connectivity index (χ1v) is 17.3. The number of halogens is 4. The van der Waals surface area contributed by atoms with Crippen molar-refractivity contribution < 1.29 is 29.6 Å². The highest BCUT2D eigenvalue weighted by Gasteiger charge is 2.38. The normalized spacial score (nSPS) is 14.5. The van der Waals surface area contributed by atoms with Crippen molar-refractivity contribution in [1.29, 1.82) is 0 Å². The number of ketones is 1. The van der Waals surface area contributed by atoms with Gasteiger partial charge in [-0.2, -0.15) is 0 Å². The second-order valence-corrected chi connectivity index (χ2v) is 16.7. The fourth-order valence-electron chi connectivity index (χ4n) is 5.17. The van der Waals surface area contributed by atoms with Gasteiger partial charge in [0.15, 0.2) is 5.75 Å². The lowest BCUT2D eigenvalue weighted by molar-refractivity contribution is -0.0507. The quantitative estimate of drug-likeness (QED) is 0.153. The number of carbonyl (C=O) groups excluding carboxylic acids is 1. The molecule has 0 fully saturated rings. The van der Waals surface area contributed by atoms with Crippen LogP contribution >= 0.6 is 63.7 Å². The van der Waals surface area contributed by atoms with Crippen molar-refractivity contribution in [3.8, 4) is 5.75 Å². The topological polar surface area (TPSA) is 124 Å². The zero-order chi connectivity index (χ0) is 33.2. The highest BCUT2D eigenvalue weighted by molar-refractivity contribution is 9.11. The van der Waals surface area contributed by atoms with E-state index >= 15 is 0 Å².